The Balaban J connectivity index is 2.39. The van der Waals surface area contributed by atoms with Crippen molar-refractivity contribution in [2.45, 2.75) is 4.90 Å². The first-order valence-corrected chi connectivity index (χ1v) is 7.69. The third-order valence-corrected chi connectivity index (χ3v) is 4.76. The highest BCUT2D eigenvalue weighted by Crippen LogP contribution is 2.24. The summed E-state index contributed by atoms with van der Waals surface area (Å²) >= 11 is 1.69. The Bertz CT molecular complexity index is 719. The number of hydrogen-bond acceptors (Lipinski definition) is 2. The molecule has 0 saturated heterocycles. The van der Waals surface area contributed by atoms with Gasteiger partial charge in [-0.1, -0.05) is 12.1 Å². The Labute approximate surface area is 122 Å². The smallest absolute Gasteiger partial charge is 0.262 e. The van der Waals surface area contributed by atoms with Gasteiger partial charge in [0.25, 0.3) is 10.0 Å². The summed E-state index contributed by atoms with van der Waals surface area (Å²) in [6.07, 6.45) is 0. The van der Waals surface area contributed by atoms with E-state index in [0.29, 0.717) is 0 Å². The minimum Gasteiger partial charge on any atom is -0.278 e. The molecule has 100 valence electrons. The fraction of sp³-hybridized carbons (Fsp3) is 0. The average molecular weight is 395 g/mol. The molecule has 3 nitrogen and oxygen atoms in total. The molecule has 0 aliphatic rings. The van der Waals surface area contributed by atoms with Crippen LogP contribution in [0.2, 0.25) is 0 Å². The van der Waals surface area contributed by atoms with Crippen LogP contribution < -0.4 is 4.72 Å². The predicted molar refractivity (Wildman–Crippen MR) is 76.3 cm³/mol. The molecule has 1 N–H and O–H groups in total. The summed E-state index contributed by atoms with van der Waals surface area (Å²) in [6.45, 7) is 0. The lowest BCUT2D eigenvalue weighted by molar-refractivity contribution is 0.595. The second kappa shape index (κ2) is 5.41. The van der Waals surface area contributed by atoms with Crippen LogP contribution >= 0.6 is 22.6 Å². The zero-order valence-electron chi connectivity index (χ0n) is 9.40. The van der Waals surface area contributed by atoms with Gasteiger partial charge in [0.15, 0.2) is 0 Å². The number of rotatable bonds is 3. The summed E-state index contributed by atoms with van der Waals surface area (Å²) in [6, 6.07) is 8.64. The van der Waals surface area contributed by atoms with Crippen LogP contribution in [0.15, 0.2) is 47.4 Å². The Hall–Kier alpha value is -1.22. The van der Waals surface area contributed by atoms with Crippen molar-refractivity contribution in [2.24, 2.45) is 0 Å². The zero-order valence-corrected chi connectivity index (χ0v) is 12.4. The lowest BCUT2D eigenvalue weighted by Crippen LogP contribution is -2.14. The molecule has 0 aliphatic carbocycles. The van der Waals surface area contributed by atoms with Crippen molar-refractivity contribution in [3.8, 4) is 0 Å². The van der Waals surface area contributed by atoms with E-state index in [-0.39, 0.29) is 14.2 Å². The molecular formula is C12H8F2INO2S. The summed E-state index contributed by atoms with van der Waals surface area (Å²) < 4.78 is 52.8. The van der Waals surface area contributed by atoms with E-state index in [1.807, 2.05) is 0 Å². The van der Waals surface area contributed by atoms with Gasteiger partial charge < -0.3 is 0 Å². The monoisotopic (exact) mass is 395 g/mol. The maximum absolute atomic E-state index is 13.3. The van der Waals surface area contributed by atoms with Crippen molar-refractivity contribution < 1.29 is 17.2 Å². The Kier molecular flexibility index (Phi) is 4.04. The highest BCUT2D eigenvalue weighted by Gasteiger charge is 2.17. The molecule has 0 atom stereocenters. The molecule has 0 amide bonds. The van der Waals surface area contributed by atoms with Crippen molar-refractivity contribution >= 4 is 38.3 Å². The van der Waals surface area contributed by atoms with Gasteiger partial charge in [-0.3, -0.25) is 4.72 Å². The third-order valence-electron chi connectivity index (χ3n) is 2.30. The van der Waals surface area contributed by atoms with E-state index in [1.165, 1.54) is 30.3 Å². The summed E-state index contributed by atoms with van der Waals surface area (Å²) in [7, 11) is -3.94. The molecule has 0 spiro atoms. The van der Waals surface area contributed by atoms with Crippen LogP contribution in [0.1, 0.15) is 0 Å². The predicted octanol–water partition coefficient (Wildman–Crippen LogP) is 3.37. The lowest BCUT2D eigenvalue weighted by atomic mass is 10.3. The first-order valence-electron chi connectivity index (χ1n) is 5.12. The van der Waals surface area contributed by atoms with Gasteiger partial charge in [-0.15, -0.1) is 0 Å². The van der Waals surface area contributed by atoms with Crippen LogP contribution in [0, 0.1) is 15.2 Å². The summed E-state index contributed by atoms with van der Waals surface area (Å²) in [5.74, 6) is -1.18. The van der Waals surface area contributed by atoms with Gasteiger partial charge >= 0.3 is 0 Å². The molecule has 2 aromatic rings. The van der Waals surface area contributed by atoms with E-state index in [9.17, 15) is 17.2 Å². The van der Waals surface area contributed by atoms with Crippen molar-refractivity contribution in [3.05, 3.63) is 57.7 Å². The van der Waals surface area contributed by atoms with Gasteiger partial charge in [0, 0.05) is 0 Å². The van der Waals surface area contributed by atoms with Gasteiger partial charge in [-0.25, -0.2) is 17.2 Å². The lowest BCUT2D eigenvalue weighted by Gasteiger charge is -2.10. The molecule has 2 aromatic carbocycles. The van der Waals surface area contributed by atoms with Crippen molar-refractivity contribution in [3.63, 3.8) is 0 Å². The van der Waals surface area contributed by atoms with Gasteiger partial charge in [0.1, 0.15) is 11.6 Å². The molecule has 0 heterocycles. The second-order valence-electron chi connectivity index (χ2n) is 3.66. The molecule has 0 radical (unpaired) electrons. The van der Waals surface area contributed by atoms with E-state index in [2.05, 4.69) is 4.72 Å². The van der Waals surface area contributed by atoms with Crippen LogP contribution in [0.5, 0.6) is 0 Å². The van der Waals surface area contributed by atoms with E-state index >= 15 is 0 Å². The van der Waals surface area contributed by atoms with Crippen molar-refractivity contribution in [1.82, 2.24) is 0 Å². The highest BCUT2D eigenvalue weighted by atomic mass is 127. The van der Waals surface area contributed by atoms with Gasteiger partial charge in [-0.2, -0.15) is 0 Å². The Morgan fingerprint density at radius 1 is 1.05 bits per heavy atom. The molecule has 0 saturated carbocycles. The first-order chi connectivity index (χ1) is 8.90. The van der Waals surface area contributed by atoms with Crippen LogP contribution in [0.25, 0.3) is 0 Å². The van der Waals surface area contributed by atoms with Crippen LogP contribution in [0.3, 0.4) is 0 Å². The fourth-order valence-electron chi connectivity index (χ4n) is 1.42. The number of benzene rings is 2. The second-order valence-corrected chi connectivity index (χ2v) is 6.43. The topological polar surface area (TPSA) is 46.2 Å². The van der Waals surface area contributed by atoms with Gasteiger partial charge in [0.2, 0.25) is 0 Å². The number of anilines is 1. The van der Waals surface area contributed by atoms with E-state index in [1.54, 1.807) is 22.6 Å². The Morgan fingerprint density at radius 2 is 1.74 bits per heavy atom. The van der Waals surface area contributed by atoms with Crippen LogP contribution in [0.4, 0.5) is 14.5 Å². The molecule has 7 heteroatoms. The van der Waals surface area contributed by atoms with Crippen LogP contribution in [-0.2, 0) is 10.0 Å². The molecule has 0 unspecified atom stereocenters. The number of nitrogens with one attached hydrogen (secondary N) is 1. The summed E-state index contributed by atoms with van der Waals surface area (Å²) in [5.41, 5.74) is 0.116. The Morgan fingerprint density at radius 3 is 2.42 bits per heavy atom. The molecule has 2 rings (SSSR count). The minimum atomic E-state index is -3.94. The molecule has 0 bridgehead atoms. The molecule has 0 fully saturated rings. The quantitative estimate of drug-likeness (QED) is 0.811. The summed E-state index contributed by atoms with van der Waals surface area (Å²) in [5, 5.41) is 0. The standard InChI is InChI=1S/C12H8F2INO2S/c13-8-3-1-4-9(7-8)19(17,18)16-11-6-2-5-10(14)12(11)15/h1-7,16H. The van der Waals surface area contributed by atoms with Gasteiger partial charge in [0.05, 0.1) is 14.2 Å². The number of halogens is 3. The normalized spacial score (nSPS) is 11.3. The number of hydrogen-bond donors (Lipinski definition) is 1. The van der Waals surface area contributed by atoms with Gasteiger partial charge in [-0.05, 0) is 52.9 Å². The van der Waals surface area contributed by atoms with E-state index in [0.717, 1.165) is 12.1 Å². The molecule has 0 aliphatic heterocycles. The van der Waals surface area contributed by atoms with Crippen molar-refractivity contribution in [1.29, 1.82) is 0 Å². The largest absolute Gasteiger partial charge is 0.278 e. The maximum Gasteiger partial charge on any atom is 0.262 e. The van der Waals surface area contributed by atoms with E-state index in [4.69, 9.17) is 0 Å². The van der Waals surface area contributed by atoms with E-state index < -0.39 is 21.7 Å². The highest BCUT2D eigenvalue weighted by molar-refractivity contribution is 14.1. The number of sulfonamides is 1. The summed E-state index contributed by atoms with van der Waals surface area (Å²) in [4.78, 5) is -0.215. The zero-order chi connectivity index (χ0) is 14.0. The van der Waals surface area contributed by atoms with Crippen molar-refractivity contribution in [2.75, 3.05) is 4.72 Å². The molecular weight excluding hydrogens is 387 g/mol. The van der Waals surface area contributed by atoms with Crippen LogP contribution in [-0.4, -0.2) is 8.42 Å². The third kappa shape index (κ3) is 3.21. The minimum absolute atomic E-state index is 0.116. The molecule has 19 heavy (non-hydrogen) atoms. The SMILES string of the molecule is O=S(=O)(Nc1cccc(F)c1I)c1cccc(F)c1. The average Bonchev–Trinajstić information content (AvgIpc) is 2.35. The molecule has 0 aromatic heterocycles. The first kappa shape index (κ1) is 14.2. The fourth-order valence-corrected chi connectivity index (χ4v) is 3.20. The maximum atomic E-state index is 13.3.